The molecular formula is C66H105N15O20. The molecule has 23 N–H and O–H groups in total. The maximum atomic E-state index is 14.2. The first-order valence-electron chi connectivity index (χ1n) is 33.3. The molecule has 0 aliphatic carbocycles. The number of benzene rings is 2. The van der Waals surface area contributed by atoms with Gasteiger partial charge >= 0.3 is 18.0 Å². The topological polar surface area (TPSA) is 576 Å². The van der Waals surface area contributed by atoms with Crippen LogP contribution in [0.4, 0.5) is 4.79 Å². The van der Waals surface area contributed by atoms with E-state index in [1.54, 1.807) is 99.6 Å². The number of ether oxygens (including phenoxy) is 2. The van der Waals surface area contributed by atoms with Gasteiger partial charge in [0.1, 0.15) is 54.9 Å². The summed E-state index contributed by atoms with van der Waals surface area (Å²) in [7, 11) is 0. The van der Waals surface area contributed by atoms with Crippen LogP contribution in [0.2, 0.25) is 0 Å². The van der Waals surface area contributed by atoms with Crippen molar-refractivity contribution >= 4 is 83.1 Å². The van der Waals surface area contributed by atoms with E-state index in [1.807, 2.05) is 10.6 Å². The minimum Gasteiger partial charge on any atom is -0.480 e. The zero-order chi connectivity index (χ0) is 76.5. The van der Waals surface area contributed by atoms with Crippen LogP contribution < -0.4 is 75.7 Å². The van der Waals surface area contributed by atoms with Crippen LogP contribution in [0, 0.1) is 35.0 Å². The van der Waals surface area contributed by atoms with Crippen LogP contribution in [0.15, 0.2) is 60.7 Å². The van der Waals surface area contributed by atoms with Crippen LogP contribution in [0.1, 0.15) is 132 Å². The number of primary amides is 1. The number of rotatable bonds is 44. The third kappa shape index (κ3) is 30.8. The number of amides is 11. The lowest BCUT2D eigenvalue weighted by molar-refractivity contribution is -0.161. The molecule has 0 aliphatic heterocycles. The van der Waals surface area contributed by atoms with Gasteiger partial charge in [-0.2, -0.15) is 0 Å². The van der Waals surface area contributed by atoms with Crippen LogP contribution in [0.25, 0.3) is 0 Å². The van der Waals surface area contributed by atoms with Gasteiger partial charge in [0.2, 0.25) is 59.1 Å². The predicted molar refractivity (Wildman–Crippen MR) is 365 cm³/mol. The molecule has 35 heteroatoms. The lowest BCUT2D eigenvalue weighted by Crippen LogP contribution is -2.62. The molecule has 0 radical (unpaired) electrons. The monoisotopic (exact) mass is 1430 g/mol. The number of carboxylic acid groups (broad SMARTS) is 1. The van der Waals surface area contributed by atoms with Gasteiger partial charge in [0, 0.05) is 6.54 Å². The van der Waals surface area contributed by atoms with Crippen LogP contribution >= 0.6 is 0 Å². The molecule has 0 bridgehead atoms. The van der Waals surface area contributed by atoms with Crippen molar-refractivity contribution in [1.82, 2.24) is 58.5 Å². The first kappa shape index (κ1) is 87.5. The SMILES string of the molecule is CC[C@H](C)[C@H](NC(=O)[C@@H](CCCNC(=N)N)NC(=O)[C@H](CC(C)C)NC(=O)[C@@H](N)[C@H](O)C(C)C)C(=O)N[C@H](C(=O)NCC(=O)N[C@H](C(=O)NC(CO)C(=O)O[C@H](c1ccccc1)[C@H](NC(=O)[C@H](CC(C)C)NC(=O)[C@@H](CC(C)C)NC(=O)OCc1ccccc1)C(=O)O)[C@H](O)C(N)=O)[C@H](C)O. The molecule has 0 heterocycles. The highest BCUT2D eigenvalue weighted by Gasteiger charge is 2.42. The Balaban J connectivity index is 2.38. The molecule has 2 aromatic carbocycles. The highest BCUT2D eigenvalue weighted by atomic mass is 16.6. The van der Waals surface area contributed by atoms with Gasteiger partial charge in [0.15, 0.2) is 30.3 Å². The molecule has 0 saturated carbocycles. The van der Waals surface area contributed by atoms with Crippen molar-refractivity contribution in [3.8, 4) is 0 Å². The Bertz CT molecular complexity index is 3090. The van der Waals surface area contributed by atoms with Gasteiger partial charge in [0.05, 0.1) is 25.4 Å². The van der Waals surface area contributed by atoms with Crippen LogP contribution in [0.3, 0.4) is 0 Å². The Morgan fingerprint density at radius 1 is 0.535 bits per heavy atom. The standard InChI is InChI=1S/C66H105N15O20/c1-12-36(10)47(79-55(88)40(24-19-25-71-65(69)70)73-56(89)41(26-32(2)3)75-59(92)46(67)51(85)35(8)9)61(94)80-48(37(11)83)60(93)72-29-45(84)78-49(52(86)54(68)87)62(95)76-44(30-82)64(98)101-53(39-22-17-14-18-23-39)50(63(96)97)81-58(91)42(27-33(4)5)74-57(90)43(28-34(6)7)77-66(99)100-31-38-20-15-13-16-21-38/h13-18,20-23,32-37,40-44,46-53,82-83,85-86H,12,19,24-31,67H2,1-11H3,(H2,68,87)(H,72,93)(H,73,89)(H,74,90)(H,75,92)(H,76,95)(H,77,99)(H,78,84)(H,79,88)(H,80,94)(H,81,91)(H,96,97)(H4,69,70,71)/t36-,37-,40+,41-,42-,43+,44?,46-,47-,48-,49-,50-,51+,52-,53+/m0/s1. The van der Waals surface area contributed by atoms with Crippen molar-refractivity contribution in [3.63, 3.8) is 0 Å². The third-order valence-corrected chi connectivity index (χ3v) is 15.7. The first-order chi connectivity index (χ1) is 47.3. The number of aliphatic hydroxyl groups excluding tert-OH is 4. The largest absolute Gasteiger partial charge is 0.480 e. The summed E-state index contributed by atoms with van der Waals surface area (Å²) in [6, 6.07) is -1.29. The molecule has 15 atom stereocenters. The molecule has 564 valence electrons. The number of esters is 1. The molecule has 0 aliphatic rings. The van der Waals surface area contributed by atoms with Gasteiger partial charge in [-0.25, -0.2) is 14.4 Å². The van der Waals surface area contributed by atoms with Gasteiger partial charge in [-0.15, -0.1) is 0 Å². The van der Waals surface area contributed by atoms with Crippen molar-refractivity contribution in [2.45, 2.75) is 206 Å². The number of hydrogen-bond donors (Lipinski definition) is 20. The fourth-order valence-corrected chi connectivity index (χ4v) is 9.89. The Labute approximate surface area is 586 Å². The molecule has 0 aromatic heterocycles. The van der Waals surface area contributed by atoms with E-state index in [-0.39, 0.29) is 81.0 Å². The smallest absolute Gasteiger partial charge is 0.408 e. The van der Waals surface area contributed by atoms with E-state index in [0.717, 1.165) is 6.92 Å². The minimum absolute atomic E-state index is 0.0611. The molecule has 1 unspecified atom stereocenters. The van der Waals surface area contributed by atoms with Crippen molar-refractivity contribution in [1.29, 1.82) is 5.41 Å². The molecule has 0 spiro atoms. The Kier molecular flexibility index (Phi) is 38.0. The molecule has 0 fully saturated rings. The summed E-state index contributed by atoms with van der Waals surface area (Å²) in [5.41, 5.74) is 17.4. The second-order valence-electron chi connectivity index (χ2n) is 26.1. The van der Waals surface area contributed by atoms with Gasteiger partial charge in [0.25, 0.3) is 0 Å². The quantitative estimate of drug-likeness (QED) is 0.0133. The van der Waals surface area contributed by atoms with Crippen molar-refractivity contribution in [2.75, 3.05) is 19.7 Å². The number of guanidine groups is 1. The summed E-state index contributed by atoms with van der Waals surface area (Å²) in [5.74, 6) is -16.9. The van der Waals surface area contributed by atoms with E-state index >= 15 is 0 Å². The number of alkyl carbamates (subject to hydrolysis) is 1. The second kappa shape index (κ2) is 43.8. The Morgan fingerprint density at radius 2 is 1.00 bits per heavy atom. The maximum absolute atomic E-state index is 14.2. The van der Waals surface area contributed by atoms with E-state index in [2.05, 4.69) is 47.9 Å². The molecular weight excluding hydrogens is 1320 g/mol. The molecule has 101 heavy (non-hydrogen) atoms. The van der Waals surface area contributed by atoms with E-state index in [0.29, 0.717) is 5.56 Å². The summed E-state index contributed by atoms with van der Waals surface area (Å²) in [4.78, 5) is 177. The number of nitrogens with one attached hydrogen (secondary N) is 12. The fourth-order valence-electron chi connectivity index (χ4n) is 9.89. The number of carboxylic acids is 1. The van der Waals surface area contributed by atoms with E-state index in [1.165, 1.54) is 30.3 Å². The maximum Gasteiger partial charge on any atom is 0.408 e. The predicted octanol–water partition coefficient (Wildman–Crippen LogP) is -3.34. The zero-order valence-electron chi connectivity index (χ0n) is 58.9. The fraction of sp³-hybridized carbons (Fsp3) is 0.606. The van der Waals surface area contributed by atoms with Crippen LogP contribution in [-0.2, 0) is 73.6 Å². The number of nitrogens with two attached hydrogens (primary N) is 3. The molecule has 35 nitrogen and oxygen atoms in total. The summed E-state index contributed by atoms with van der Waals surface area (Å²) in [6.45, 7) is 15.6. The molecule has 0 saturated heterocycles. The Morgan fingerprint density at radius 3 is 1.49 bits per heavy atom. The lowest BCUT2D eigenvalue weighted by Gasteiger charge is -2.30. The zero-order valence-corrected chi connectivity index (χ0v) is 58.9. The minimum atomic E-state index is -2.60. The van der Waals surface area contributed by atoms with E-state index in [4.69, 9.17) is 32.1 Å². The normalized spacial score (nSPS) is 15.8. The highest BCUT2D eigenvalue weighted by Crippen LogP contribution is 2.24. The van der Waals surface area contributed by atoms with Crippen molar-refractivity contribution in [2.24, 2.45) is 46.8 Å². The van der Waals surface area contributed by atoms with Crippen LogP contribution in [-0.4, -0.2) is 207 Å². The third-order valence-electron chi connectivity index (χ3n) is 15.7. The Hall–Kier alpha value is -9.58. The van der Waals surface area contributed by atoms with Crippen molar-refractivity contribution < 1.29 is 97.3 Å². The van der Waals surface area contributed by atoms with Gasteiger partial charge in [-0.3, -0.25) is 53.4 Å². The molecule has 2 rings (SSSR count). The van der Waals surface area contributed by atoms with Gasteiger partial charge < -0.3 is 111 Å². The second-order valence-corrected chi connectivity index (χ2v) is 26.1. The van der Waals surface area contributed by atoms with E-state index < -0.39 is 187 Å². The summed E-state index contributed by atoms with van der Waals surface area (Å²) < 4.78 is 10.9. The molecule has 11 amide bonds. The van der Waals surface area contributed by atoms with Crippen molar-refractivity contribution in [3.05, 3.63) is 71.8 Å². The number of aliphatic carboxylic acids is 1. The summed E-state index contributed by atoms with van der Waals surface area (Å²) in [6.07, 6.45) is -8.23. The molecule has 2 aromatic rings. The highest BCUT2D eigenvalue weighted by molar-refractivity contribution is 5.99. The van der Waals surface area contributed by atoms with Crippen LogP contribution in [0.5, 0.6) is 0 Å². The first-order valence-corrected chi connectivity index (χ1v) is 33.3. The average molecular weight is 1430 g/mol. The number of hydrogen-bond acceptors (Lipinski definition) is 21. The lowest BCUT2D eigenvalue weighted by atomic mass is 9.96. The van der Waals surface area contributed by atoms with E-state index in [9.17, 15) is 87.9 Å². The number of carbonyl (C=O) groups excluding carboxylic acids is 12. The summed E-state index contributed by atoms with van der Waals surface area (Å²) >= 11 is 0. The number of aliphatic hydroxyl groups is 4. The number of carbonyl (C=O) groups is 13. The average Bonchev–Trinajstić information content (AvgIpc) is 0.832. The summed E-state index contributed by atoms with van der Waals surface area (Å²) in [5, 5.41) is 86.9. The van der Waals surface area contributed by atoms with Gasteiger partial charge in [-0.1, -0.05) is 136 Å². The van der Waals surface area contributed by atoms with Gasteiger partial charge in [-0.05, 0) is 79.7 Å².